The number of aromatic nitrogens is 3. The monoisotopic (exact) mass is 297 g/mol. The van der Waals surface area contributed by atoms with E-state index in [4.69, 9.17) is 4.42 Å². The van der Waals surface area contributed by atoms with Crippen LogP contribution in [0.5, 0.6) is 0 Å². The number of nitrogens with one attached hydrogen (secondary N) is 1. The number of H-pyrrole nitrogens is 1. The number of oxazole rings is 1. The second-order valence-electron chi connectivity index (χ2n) is 4.78. The standard InChI is InChI=1S/C16H9F2N3O/c17-10-1-2-11(14(18)6-10)9-5-12-13(16-19-3-4-22-16)8-21-15(12)20-7-9/h1-8H,(H,20,21). The lowest BCUT2D eigenvalue weighted by molar-refractivity contribution is 0.575. The summed E-state index contributed by atoms with van der Waals surface area (Å²) in [5.41, 5.74) is 2.21. The van der Waals surface area contributed by atoms with Crippen LogP contribution in [0.1, 0.15) is 0 Å². The zero-order valence-electron chi connectivity index (χ0n) is 11.2. The molecule has 4 aromatic rings. The van der Waals surface area contributed by atoms with Gasteiger partial charge in [-0.1, -0.05) is 0 Å². The average Bonchev–Trinajstić information content (AvgIpc) is 3.15. The molecule has 0 amide bonds. The second kappa shape index (κ2) is 4.77. The SMILES string of the molecule is Fc1ccc(-c2cnc3[nH]cc(-c4ncco4)c3c2)c(F)c1. The first-order valence-electron chi connectivity index (χ1n) is 6.55. The molecule has 0 spiro atoms. The highest BCUT2D eigenvalue weighted by molar-refractivity contribution is 5.93. The molecule has 0 bridgehead atoms. The highest BCUT2D eigenvalue weighted by Gasteiger charge is 2.13. The van der Waals surface area contributed by atoms with Crippen molar-refractivity contribution < 1.29 is 13.2 Å². The van der Waals surface area contributed by atoms with Gasteiger partial charge in [0.2, 0.25) is 5.89 Å². The van der Waals surface area contributed by atoms with Crippen molar-refractivity contribution in [1.29, 1.82) is 0 Å². The summed E-state index contributed by atoms with van der Waals surface area (Å²) in [5.74, 6) is -0.795. The molecule has 0 fully saturated rings. The molecule has 3 heterocycles. The molecule has 0 radical (unpaired) electrons. The topological polar surface area (TPSA) is 54.7 Å². The van der Waals surface area contributed by atoms with Gasteiger partial charge in [-0.15, -0.1) is 0 Å². The fourth-order valence-corrected chi connectivity index (χ4v) is 2.41. The molecule has 1 N–H and O–H groups in total. The summed E-state index contributed by atoms with van der Waals surface area (Å²) in [5, 5.41) is 0.753. The van der Waals surface area contributed by atoms with Gasteiger partial charge in [-0.3, -0.25) is 0 Å². The van der Waals surface area contributed by atoms with E-state index < -0.39 is 11.6 Å². The minimum Gasteiger partial charge on any atom is -0.444 e. The number of rotatable bonds is 2. The lowest BCUT2D eigenvalue weighted by Crippen LogP contribution is -1.88. The van der Waals surface area contributed by atoms with Gasteiger partial charge in [-0.25, -0.2) is 18.7 Å². The number of hydrogen-bond acceptors (Lipinski definition) is 3. The van der Waals surface area contributed by atoms with Gasteiger partial charge in [-0.05, 0) is 18.2 Å². The largest absolute Gasteiger partial charge is 0.444 e. The summed E-state index contributed by atoms with van der Waals surface area (Å²) in [6, 6.07) is 5.24. The molecule has 0 aliphatic carbocycles. The highest BCUT2D eigenvalue weighted by Crippen LogP contribution is 2.31. The molecule has 3 aromatic heterocycles. The van der Waals surface area contributed by atoms with Crippen molar-refractivity contribution in [3.05, 3.63) is 60.8 Å². The van der Waals surface area contributed by atoms with Crippen molar-refractivity contribution in [3.8, 4) is 22.6 Å². The number of aromatic amines is 1. The number of fused-ring (bicyclic) bond motifs is 1. The Labute approximate surface area is 123 Å². The van der Waals surface area contributed by atoms with E-state index in [2.05, 4.69) is 15.0 Å². The van der Waals surface area contributed by atoms with Gasteiger partial charge in [0.1, 0.15) is 23.5 Å². The van der Waals surface area contributed by atoms with Crippen molar-refractivity contribution in [1.82, 2.24) is 15.0 Å². The van der Waals surface area contributed by atoms with Gasteiger partial charge >= 0.3 is 0 Å². The normalized spacial score (nSPS) is 11.2. The minimum atomic E-state index is -0.630. The van der Waals surface area contributed by atoms with E-state index in [-0.39, 0.29) is 5.56 Å². The Bertz CT molecular complexity index is 961. The molecule has 1 aromatic carbocycles. The third kappa shape index (κ3) is 1.96. The number of pyridine rings is 1. The van der Waals surface area contributed by atoms with Crippen molar-refractivity contribution in [2.45, 2.75) is 0 Å². The van der Waals surface area contributed by atoms with Crippen LogP contribution in [-0.4, -0.2) is 15.0 Å². The minimum absolute atomic E-state index is 0.287. The maximum Gasteiger partial charge on any atom is 0.228 e. The third-order valence-electron chi connectivity index (χ3n) is 3.44. The predicted octanol–water partition coefficient (Wildman–Crippen LogP) is 4.16. The molecule has 4 rings (SSSR count). The Hall–Kier alpha value is -3.02. The van der Waals surface area contributed by atoms with Gasteiger partial charge in [0.25, 0.3) is 0 Å². The number of benzene rings is 1. The van der Waals surface area contributed by atoms with Crippen LogP contribution in [0.15, 0.2) is 53.5 Å². The Kier molecular flexibility index (Phi) is 2.75. The lowest BCUT2D eigenvalue weighted by atomic mass is 10.0. The molecule has 0 saturated carbocycles. The van der Waals surface area contributed by atoms with Gasteiger partial charge in [0, 0.05) is 35.0 Å². The van der Waals surface area contributed by atoms with E-state index in [0.29, 0.717) is 17.1 Å². The molecular formula is C16H9F2N3O. The summed E-state index contributed by atoms with van der Waals surface area (Å²) < 4.78 is 32.3. The molecule has 0 saturated heterocycles. The van der Waals surface area contributed by atoms with E-state index in [1.54, 1.807) is 18.5 Å². The summed E-state index contributed by atoms with van der Waals surface area (Å²) >= 11 is 0. The number of halogens is 2. The first-order chi connectivity index (χ1) is 10.7. The third-order valence-corrected chi connectivity index (χ3v) is 3.44. The summed E-state index contributed by atoms with van der Waals surface area (Å²) in [4.78, 5) is 11.4. The zero-order chi connectivity index (χ0) is 15.1. The Morgan fingerprint density at radius 3 is 2.73 bits per heavy atom. The molecule has 0 aliphatic rings. The van der Waals surface area contributed by atoms with Crippen molar-refractivity contribution in [3.63, 3.8) is 0 Å². The zero-order valence-corrected chi connectivity index (χ0v) is 11.2. The van der Waals surface area contributed by atoms with Gasteiger partial charge in [0.15, 0.2) is 0 Å². The first kappa shape index (κ1) is 12.7. The Morgan fingerprint density at radius 2 is 1.95 bits per heavy atom. The van der Waals surface area contributed by atoms with Crippen LogP contribution in [0.4, 0.5) is 8.78 Å². The second-order valence-corrected chi connectivity index (χ2v) is 4.78. The Morgan fingerprint density at radius 1 is 1.05 bits per heavy atom. The van der Waals surface area contributed by atoms with Crippen LogP contribution in [-0.2, 0) is 0 Å². The van der Waals surface area contributed by atoms with Crippen LogP contribution in [0.25, 0.3) is 33.6 Å². The predicted molar refractivity (Wildman–Crippen MR) is 76.9 cm³/mol. The van der Waals surface area contributed by atoms with Crippen LogP contribution in [0, 0.1) is 11.6 Å². The summed E-state index contributed by atoms with van der Waals surface area (Å²) in [6.45, 7) is 0. The molecule has 0 unspecified atom stereocenters. The lowest BCUT2D eigenvalue weighted by Gasteiger charge is -2.04. The molecule has 0 aliphatic heterocycles. The fraction of sp³-hybridized carbons (Fsp3) is 0. The van der Waals surface area contributed by atoms with Crippen LogP contribution in [0.3, 0.4) is 0 Å². The molecular weight excluding hydrogens is 288 g/mol. The van der Waals surface area contributed by atoms with E-state index in [1.165, 1.54) is 24.6 Å². The average molecular weight is 297 g/mol. The molecule has 0 atom stereocenters. The number of nitrogens with zero attached hydrogens (tertiary/aromatic N) is 2. The quantitative estimate of drug-likeness (QED) is 0.604. The number of hydrogen-bond donors (Lipinski definition) is 1. The molecule has 4 nitrogen and oxygen atoms in total. The van der Waals surface area contributed by atoms with Crippen molar-refractivity contribution in [2.24, 2.45) is 0 Å². The van der Waals surface area contributed by atoms with Gasteiger partial charge in [-0.2, -0.15) is 0 Å². The molecule has 108 valence electrons. The van der Waals surface area contributed by atoms with E-state index in [0.717, 1.165) is 17.0 Å². The van der Waals surface area contributed by atoms with Gasteiger partial charge < -0.3 is 9.40 Å². The summed E-state index contributed by atoms with van der Waals surface area (Å²) in [7, 11) is 0. The van der Waals surface area contributed by atoms with Crippen LogP contribution < -0.4 is 0 Å². The van der Waals surface area contributed by atoms with Crippen LogP contribution >= 0.6 is 0 Å². The smallest absolute Gasteiger partial charge is 0.228 e. The molecule has 22 heavy (non-hydrogen) atoms. The van der Waals surface area contributed by atoms with Crippen LogP contribution in [0.2, 0.25) is 0 Å². The fourth-order valence-electron chi connectivity index (χ4n) is 2.41. The van der Waals surface area contributed by atoms with Crippen molar-refractivity contribution >= 4 is 11.0 Å². The summed E-state index contributed by atoms with van der Waals surface area (Å²) in [6.07, 6.45) is 6.29. The van der Waals surface area contributed by atoms with Crippen molar-refractivity contribution in [2.75, 3.05) is 0 Å². The van der Waals surface area contributed by atoms with E-state index in [1.807, 2.05) is 0 Å². The highest BCUT2D eigenvalue weighted by atomic mass is 19.1. The van der Waals surface area contributed by atoms with E-state index in [9.17, 15) is 8.78 Å². The Balaban J connectivity index is 1.91. The maximum atomic E-state index is 13.9. The first-order valence-corrected chi connectivity index (χ1v) is 6.55. The van der Waals surface area contributed by atoms with Gasteiger partial charge in [0.05, 0.1) is 11.8 Å². The maximum absolute atomic E-state index is 13.9. The molecule has 6 heteroatoms. The van der Waals surface area contributed by atoms with E-state index >= 15 is 0 Å².